The molecule has 0 saturated carbocycles. The Hall–Kier alpha value is -1.40. The molecule has 1 aromatic heterocycles. The summed E-state index contributed by atoms with van der Waals surface area (Å²) in [6, 6.07) is -0.0696. The summed E-state index contributed by atoms with van der Waals surface area (Å²) < 4.78 is 1.75. The first kappa shape index (κ1) is 14.7. The van der Waals surface area contributed by atoms with Gasteiger partial charge in [0.2, 0.25) is 5.91 Å². The Bertz CT molecular complexity index is 388. The summed E-state index contributed by atoms with van der Waals surface area (Å²) in [5, 5.41) is 6.81. The van der Waals surface area contributed by atoms with E-state index in [1.54, 1.807) is 17.9 Å². The normalized spacial score (nSPS) is 14.6. The molecule has 2 unspecified atom stereocenters. The van der Waals surface area contributed by atoms with Gasteiger partial charge in [0.1, 0.15) is 0 Å². The van der Waals surface area contributed by atoms with E-state index in [9.17, 15) is 4.79 Å². The van der Waals surface area contributed by atoms with E-state index in [1.165, 1.54) is 0 Å². The number of aromatic nitrogens is 2. The van der Waals surface area contributed by atoms with Crippen molar-refractivity contribution in [2.75, 3.05) is 20.1 Å². The van der Waals surface area contributed by atoms with Crippen LogP contribution in [-0.4, -0.2) is 46.8 Å². The molecule has 6 nitrogen and oxygen atoms in total. The molecule has 0 aromatic carbocycles. The average Bonchev–Trinajstić information content (AvgIpc) is 2.73. The van der Waals surface area contributed by atoms with E-state index in [2.05, 4.69) is 15.3 Å². The van der Waals surface area contributed by atoms with Gasteiger partial charge in [0.25, 0.3) is 0 Å². The van der Waals surface area contributed by atoms with Gasteiger partial charge in [-0.05, 0) is 13.5 Å². The second-order valence-corrected chi connectivity index (χ2v) is 4.49. The van der Waals surface area contributed by atoms with Gasteiger partial charge in [-0.2, -0.15) is 5.10 Å². The van der Waals surface area contributed by atoms with Crippen molar-refractivity contribution in [3.05, 3.63) is 18.0 Å². The van der Waals surface area contributed by atoms with Crippen molar-refractivity contribution in [3.63, 3.8) is 0 Å². The van der Waals surface area contributed by atoms with Gasteiger partial charge in [0.05, 0.1) is 18.8 Å². The number of likely N-dealkylation sites (N-methyl/N-ethyl adjacent to an activating group) is 2. The summed E-state index contributed by atoms with van der Waals surface area (Å²) in [5.74, 6) is -0.00797. The van der Waals surface area contributed by atoms with Crippen LogP contribution in [0.1, 0.15) is 25.5 Å². The Labute approximate surface area is 108 Å². The van der Waals surface area contributed by atoms with E-state index in [0.717, 1.165) is 12.1 Å². The highest BCUT2D eigenvalue weighted by atomic mass is 16.1. The van der Waals surface area contributed by atoms with Gasteiger partial charge in [0, 0.05) is 31.9 Å². The molecule has 2 atom stereocenters. The predicted molar refractivity (Wildman–Crippen MR) is 70.9 cm³/mol. The van der Waals surface area contributed by atoms with Gasteiger partial charge in [0.15, 0.2) is 0 Å². The van der Waals surface area contributed by atoms with Crippen molar-refractivity contribution in [3.8, 4) is 0 Å². The van der Waals surface area contributed by atoms with Crippen LogP contribution in [0.4, 0.5) is 0 Å². The molecule has 1 amide bonds. The van der Waals surface area contributed by atoms with Crippen LogP contribution in [0.25, 0.3) is 0 Å². The molecule has 1 rings (SSSR count). The van der Waals surface area contributed by atoms with Gasteiger partial charge in [-0.3, -0.25) is 14.4 Å². The van der Waals surface area contributed by atoms with Crippen molar-refractivity contribution >= 4 is 5.91 Å². The fraction of sp³-hybridized carbons (Fsp3) is 0.667. The minimum Gasteiger partial charge on any atom is -0.358 e. The Morgan fingerprint density at radius 3 is 2.72 bits per heavy atom. The molecule has 0 bridgehead atoms. The van der Waals surface area contributed by atoms with Crippen LogP contribution >= 0.6 is 0 Å². The standard InChI is InChI=1S/C12H23N5O/c1-5-17(8-11(18)14-3)12(9(2)13)10-6-15-16(4)7-10/h6-7,9,12H,5,8,13H2,1-4H3,(H,14,18). The van der Waals surface area contributed by atoms with Crippen molar-refractivity contribution in [1.29, 1.82) is 0 Å². The number of amides is 1. The molecule has 3 N–H and O–H groups in total. The molecule has 102 valence electrons. The monoisotopic (exact) mass is 253 g/mol. The van der Waals surface area contributed by atoms with Crippen LogP contribution in [0.15, 0.2) is 12.4 Å². The third-order valence-electron chi connectivity index (χ3n) is 2.99. The molecule has 0 aliphatic carbocycles. The maximum atomic E-state index is 11.5. The minimum absolute atomic E-state index is 0.000926. The molecule has 0 radical (unpaired) electrons. The second-order valence-electron chi connectivity index (χ2n) is 4.49. The molecule has 6 heteroatoms. The number of nitrogens with zero attached hydrogens (tertiary/aromatic N) is 3. The molecule has 18 heavy (non-hydrogen) atoms. The Balaban J connectivity index is 2.91. The van der Waals surface area contributed by atoms with Gasteiger partial charge in [-0.25, -0.2) is 0 Å². The molecule has 0 fully saturated rings. The van der Waals surface area contributed by atoms with Crippen LogP contribution in [0.3, 0.4) is 0 Å². The first-order valence-electron chi connectivity index (χ1n) is 6.18. The molecule has 1 heterocycles. The third kappa shape index (κ3) is 3.54. The summed E-state index contributed by atoms with van der Waals surface area (Å²) in [6.45, 7) is 5.07. The fourth-order valence-electron chi connectivity index (χ4n) is 2.11. The van der Waals surface area contributed by atoms with Crippen LogP contribution in [0.2, 0.25) is 0 Å². The van der Waals surface area contributed by atoms with Gasteiger partial charge >= 0.3 is 0 Å². The average molecular weight is 253 g/mol. The van der Waals surface area contributed by atoms with E-state index in [-0.39, 0.29) is 18.0 Å². The maximum Gasteiger partial charge on any atom is 0.233 e. The zero-order chi connectivity index (χ0) is 13.7. The molecule has 0 aliphatic heterocycles. The van der Waals surface area contributed by atoms with Crippen molar-refractivity contribution < 1.29 is 4.79 Å². The van der Waals surface area contributed by atoms with Crippen LogP contribution in [0, 0.1) is 0 Å². The van der Waals surface area contributed by atoms with Gasteiger partial charge < -0.3 is 11.1 Å². The number of nitrogens with one attached hydrogen (secondary N) is 1. The number of carbonyl (C=O) groups is 1. The fourth-order valence-corrected chi connectivity index (χ4v) is 2.11. The van der Waals surface area contributed by atoms with Gasteiger partial charge in [-0.15, -0.1) is 0 Å². The maximum absolute atomic E-state index is 11.5. The molecular formula is C12H23N5O. The van der Waals surface area contributed by atoms with Crippen LogP contribution in [0.5, 0.6) is 0 Å². The Morgan fingerprint density at radius 1 is 1.67 bits per heavy atom. The first-order valence-corrected chi connectivity index (χ1v) is 6.18. The highest BCUT2D eigenvalue weighted by Crippen LogP contribution is 2.22. The van der Waals surface area contributed by atoms with E-state index >= 15 is 0 Å². The number of rotatable bonds is 6. The molecule has 0 saturated heterocycles. The Morgan fingerprint density at radius 2 is 2.33 bits per heavy atom. The predicted octanol–water partition coefficient (Wildman–Crippen LogP) is -0.124. The van der Waals surface area contributed by atoms with E-state index in [1.807, 2.05) is 27.1 Å². The minimum atomic E-state index is -0.0705. The molecule has 0 spiro atoms. The topological polar surface area (TPSA) is 76.2 Å². The number of hydrogen-bond acceptors (Lipinski definition) is 4. The lowest BCUT2D eigenvalue weighted by Gasteiger charge is -2.32. The highest BCUT2D eigenvalue weighted by molar-refractivity contribution is 5.77. The third-order valence-corrected chi connectivity index (χ3v) is 2.99. The van der Waals surface area contributed by atoms with Crippen molar-refractivity contribution in [2.24, 2.45) is 12.8 Å². The number of hydrogen-bond donors (Lipinski definition) is 2. The zero-order valence-electron chi connectivity index (χ0n) is 11.6. The summed E-state index contributed by atoms with van der Waals surface area (Å²) in [6.07, 6.45) is 3.75. The number of aryl methyl sites for hydroxylation is 1. The van der Waals surface area contributed by atoms with Crippen LogP contribution in [-0.2, 0) is 11.8 Å². The van der Waals surface area contributed by atoms with Crippen molar-refractivity contribution in [2.45, 2.75) is 25.9 Å². The largest absolute Gasteiger partial charge is 0.358 e. The lowest BCUT2D eigenvalue weighted by Crippen LogP contribution is -2.44. The summed E-state index contributed by atoms with van der Waals surface area (Å²) in [4.78, 5) is 13.6. The summed E-state index contributed by atoms with van der Waals surface area (Å²) >= 11 is 0. The number of carbonyl (C=O) groups excluding carboxylic acids is 1. The molecular weight excluding hydrogens is 230 g/mol. The SMILES string of the molecule is CCN(CC(=O)NC)C(c1cnn(C)c1)C(C)N. The quantitative estimate of drug-likeness (QED) is 0.741. The lowest BCUT2D eigenvalue weighted by molar-refractivity contribution is -0.122. The summed E-state index contributed by atoms with van der Waals surface area (Å²) in [5.41, 5.74) is 7.10. The Kier molecular flexibility index (Phi) is 5.30. The van der Waals surface area contributed by atoms with Crippen LogP contribution < -0.4 is 11.1 Å². The molecule has 1 aromatic rings. The molecule has 0 aliphatic rings. The smallest absolute Gasteiger partial charge is 0.233 e. The summed E-state index contributed by atoms with van der Waals surface area (Å²) in [7, 11) is 3.51. The second kappa shape index (κ2) is 6.51. The number of nitrogens with two attached hydrogens (primary N) is 1. The van der Waals surface area contributed by atoms with E-state index in [4.69, 9.17) is 5.73 Å². The van der Waals surface area contributed by atoms with Crippen molar-refractivity contribution in [1.82, 2.24) is 20.0 Å². The lowest BCUT2D eigenvalue weighted by atomic mass is 10.0. The van der Waals surface area contributed by atoms with E-state index in [0.29, 0.717) is 6.54 Å². The van der Waals surface area contributed by atoms with Gasteiger partial charge in [-0.1, -0.05) is 6.92 Å². The first-order chi connectivity index (χ1) is 8.49. The highest BCUT2D eigenvalue weighted by Gasteiger charge is 2.25. The van der Waals surface area contributed by atoms with E-state index < -0.39 is 0 Å². The zero-order valence-corrected chi connectivity index (χ0v) is 11.6.